The molecule has 0 atom stereocenters. The van der Waals surface area contributed by atoms with E-state index in [0.717, 1.165) is 16.6 Å². The van der Waals surface area contributed by atoms with Gasteiger partial charge in [-0.2, -0.15) is 5.10 Å². The number of benzene rings is 2. The van der Waals surface area contributed by atoms with Crippen LogP contribution in [-0.4, -0.2) is 21.3 Å². The largest absolute Gasteiger partial charge is 0.156 e. The Morgan fingerprint density at radius 1 is 1.11 bits per heavy atom. The second-order valence-corrected chi connectivity index (χ2v) is 4.20. The lowest BCUT2D eigenvalue weighted by atomic mass is 10.2. The maximum absolute atomic E-state index is 5.90. The lowest BCUT2D eigenvalue weighted by molar-refractivity contribution is 0.718. The monoisotopic (exact) mass is 256 g/mol. The number of nitrogens with zero attached hydrogens (tertiary/aromatic N) is 4. The number of halogens is 1. The van der Waals surface area contributed by atoms with Crippen LogP contribution in [0.5, 0.6) is 0 Å². The summed E-state index contributed by atoms with van der Waals surface area (Å²) < 4.78 is 0. The Bertz CT molecular complexity index is 718. The van der Waals surface area contributed by atoms with Gasteiger partial charge < -0.3 is 0 Å². The standard InChI is InChI=1S/C13H9ClN4/c14-11-5-3-4-10(8-11)9-15-18-13-7-2-1-6-12(13)16-17-18/h1-9H/b15-9-. The highest BCUT2D eigenvalue weighted by Crippen LogP contribution is 2.11. The van der Waals surface area contributed by atoms with Crippen LogP contribution < -0.4 is 0 Å². The van der Waals surface area contributed by atoms with E-state index in [1.54, 1.807) is 6.21 Å². The van der Waals surface area contributed by atoms with Gasteiger partial charge in [0.05, 0.1) is 6.21 Å². The molecule has 0 radical (unpaired) electrons. The van der Waals surface area contributed by atoms with Gasteiger partial charge in [-0.15, -0.1) is 9.89 Å². The fraction of sp³-hybridized carbons (Fsp3) is 0. The second-order valence-electron chi connectivity index (χ2n) is 3.77. The van der Waals surface area contributed by atoms with E-state index in [0.29, 0.717) is 5.02 Å². The second kappa shape index (κ2) is 4.58. The normalized spacial score (nSPS) is 11.4. The van der Waals surface area contributed by atoms with Crippen LogP contribution in [0.15, 0.2) is 53.6 Å². The van der Waals surface area contributed by atoms with Crippen molar-refractivity contribution in [3.05, 3.63) is 59.1 Å². The Labute approximate surface area is 108 Å². The molecule has 2 aromatic carbocycles. The predicted molar refractivity (Wildman–Crippen MR) is 72.0 cm³/mol. The SMILES string of the molecule is Clc1cccc(/C=N\n2nnc3ccccc32)c1. The van der Waals surface area contributed by atoms with Crippen LogP contribution in [0.25, 0.3) is 11.0 Å². The van der Waals surface area contributed by atoms with Crippen LogP contribution in [-0.2, 0) is 0 Å². The summed E-state index contributed by atoms with van der Waals surface area (Å²) in [5.41, 5.74) is 2.61. The lowest BCUT2D eigenvalue weighted by Crippen LogP contribution is -1.93. The van der Waals surface area contributed by atoms with Crippen LogP contribution in [0.2, 0.25) is 5.02 Å². The fourth-order valence-electron chi connectivity index (χ4n) is 1.65. The lowest BCUT2D eigenvalue weighted by Gasteiger charge is -1.94. The molecule has 18 heavy (non-hydrogen) atoms. The van der Waals surface area contributed by atoms with Crippen molar-refractivity contribution in [1.82, 2.24) is 15.1 Å². The van der Waals surface area contributed by atoms with E-state index in [4.69, 9.17) is 11.6 Å². The van der Waals surface area contributed by atoms with Gasteiger partial charge in [0.25, 0.3) is 0 Å². The Morgan fingerprint density at radius 3 is 2.89 bits per heavy atom. The summed E-state index contributed by atoms with van der Waals surface area (Å²) in [5.74, 6) is 0. The molecule has 0 aliphatic rings. The first-order chi connectivity index (χ1) is 8.83. The summed E-state index contributed by atoms with van der Waals surface area (Å²) in [6, 6.07) is 15.1. The van der Waals surface area contributed by atoms with Gasteiger partial charge in [0, 0.05) is 5.02 Å². The molecular formula is C13H9ClN4. The number of hydrogen-bond donors (Lipinski definition) is 0. The van der Waals surface area contributed by atoms with E-state index < -0.39 is 0 Å². The summed E-state index contributed by atoms with van der Waals surface area (Å²) in [6.07, 6.45) is 1.70. The van der Waals surface area contributed by atoms with Crippen LogP contribution in [0, 0.1) is 0 Å². The molecule has 3 aromatic rings. The molecule has 0 saturated carbocycles. The van der Waals surface area contributed by atoms with Gasteiger partial charge in [0.2, 0.25) is 0 Å². The van der Waals surface area contributed by atoms with Crippen LogP contribution in [0.3, 0.4) is 0 Å². The minimum Gasteiger partial charge on any atom is -0.156 e. The van der Waals surface area contributed by atoms with Crippen molar-refractivity contribution in [3.63, 3.8) is 0 Å². The third kappa shape index (κ3) is 2.10. The number of hydrogen-bond acceptors (Lipinski definition) is 3. The number of para-hydroxylation sites is 1. The number of fused-ring (bicyclic) bond motifs is 1. The van der Waals surface area contributed by atoms with Crippen molar-refractivity contribution >= 4 is 28.8 Å². The number of rotatable bonds is 2. The molecule has 0 saturated heterocycles. The summed E-state index contributed by atoms with van der Waals surface area (Å²) in [7, 11) is 0. The van der Waals surface area contributed by atoms with Gasteiger partial charge in [-0.25, -0.2) is 0 Å². The molecule has 1 aromatic heterocycles. The third-order valence-electron chi connectivity index (χ3n) is 2.50. The summed E-state index contributed by atoms with van der Waals surface area (Å²) in [6.45, 7) is 0. The maximum atomic E-state index is 5.90. The average molecular weight is 257 g/mol. The molecule has 0 aliphatic heterocycles. The van der Waals surface area contributed by atoms with E-state index >= 15 is 0 Å². The number of aromatic nitrogens is 3. The molecule has 0 bridgehead atoms. The molecule has 1 heterocycles. The van der Waals surface area contributed by atoms with E-state index in [9.17, 15) is 0 Å². The molecule has 0 N–H and O–H groups in total. The first-order valence-electron chi connectivity index (χ1n) is 5.43. The summed E-state index contributed by atoms with van der Waals surface area (Å²) >= 11 is 5.90. The Kier molecular flexibility index (Phi) is 2.78. The van der Waals surface area contributed by atoms with Gasteiger partial charge in [-0.05, 0) is 35.0 Å². The first kappa shape index (κ1) is 10.9. The van der Waals surface area contributed by atoms with E-state index in [1.165, 1.54) is 4.79 Å². The highest BCUT2D eigenvalue weighted by atomic mass is 35.5. The molecule has 0 unspecified atom stereocenters. The van der Waals surface area contributed by atoms with Crippen molar-refractivity contribution < 1.29 is 0 Å². The Balaban J connectivity index is 1.97. The van der Waals surface area contributed by atoms with Gasteiger partial charge >= 0.3 is 0 Å². The van der Waals surface area contributed by atoms with Crippen molar-refractivity contribution in [2.75, 3.05) is 0 Å². The van der Waals surface area contributed by atoms with Gasteiger partial charge in [0.1, 0.15) is 11.0 Å². The van der Waals surface area contributed by atoms with Crippen molar-refractivity contribution in [1.29, 1.82) is 0 Å². The quantitative estimate of drug-likeness (QED) is 0.662. The zero-order chi connectivity index (χ0) is 12.4. The van der Waals surface area contributed by atoms with Gasteiger partial charge in [-0.1, -0.05) is 35.9 Å². The van der Waals surface area contributed by atoms with Crippen molar-refractivity contribution in [3.8, 4) is 0 Å². The molecule has 5 heteroatoms. The molecule has 0 spiro atoms. The first-order valence-corrected chi connectivity index (χ1v) is 5.81. The average Bonchev–Trinajstić information content (AvgIpc) is 2.80. The minimum atomic E-state index is 0.683. The molecule has 4 nitrogen and oxygen atoms in total. The van der Waals surface area contributed by atoms with E-state index in [-0.39, 0.29) is 0 Å². The minimum absolute atomic E-state index is 0.683. The predicted octanol–water partition coefficient (Wildman–Crippen LogP) is 2.97. The maximum Gasteiger partial charge on any atom is 0.115 e. The van der Waals surface area contributed by atoms with Crippen molar-refractivity contribution in [2.24, 2.45) is 5.10 Å². The highest BCUT2D eigenvalue weighted by molar-refractivity contribution is 6.30. The summed E-state index contributed by atoms with van der Waals surface area (Å²) in [5, 5.41) is 12.9. The van der Waals surface area contributed by atoms with E-state index in [2.05, 4.69) is 15.4 Å². The zero-order valence-corrected chi connectivity index (χ0v) is 10.1. The Hall–Kier alpha value is -2.20. The van der Waals surface area contributed by atoms with Crippen molar-refractivity contribution in [2.45, 2.75) is 0 Å². The third-order valence-corrected chi connectivity index (χ3v) is 2.73. The Morgan fingerprint density at radius 2 is 2.00 bits per heavy atom. The van der Waals surface area contributed by atoms with Crippen LogP contribution >= 0.6 is 11.6 Å². The molecular weight excluding hydrogens is 248 g/mol. The molecule has 0 aliphatic carbocycles. The van der Waals surface area contributed by atoms with Gasteiger partial charge in [-0.3, -0.25) is 0 Å². The summed E-state index contributed by atoms with van der Waals surface area (Å²) in [4.78, 5) is 1.50. The molecule has 0 amide bonds. The van der Waals surface area contributed by atoms with E-state index in [1.807, 2.05) is 48.5 Å². The molecule has 0 fully saturated rings. The zero-order valence-electron chi connectivity index (χ0n) is 9.36. The topological polar surface area (TPSA) is 43.1 Å². The van der Waals surface area contributed by atoms with Crippen LogP contribution in [0.4, 0.5) is 0 Å². The molecule has 3 rings (SSSR count). The van der Waals surface area contributed by atoms with Gasteiger partial charge in [0.15, 0.2) is 0 Å². The smallest absolute Gasteiger partial charge is 0.115 e. The van der Waals surface area contributed by atoms with Crippen LogP contribution in [0.1, 0.15) is 5.56 Å². The molecule has 88 valence electrons. The fourth-order valence-corrected chi connectivity index (χ4v) is 1.85. The highest BCUT2D eigenvalue weighted by Gasteiger charge is 2.00.